The van der Waals surface area contributed by atoms with E-state index in [9.17, 15) is 13.2 Å². The Kier molecular flexibility index (Phi) is 3.18. The van der Waals surface area contributed by atoms with Crippen LogP contribution >= 0.6 is 0 Å². The summed E-state index contributed by atoms with van der Waals surface area (Å²) in [5, 5.41) is 2.16. The Hall–Kier alpha value is -1.72. The maximum Gasteiger partial charge on any atom is 0.405 e. The van der Waals surface area contributed by atoms with Gasteiger partial charge in [0, 0.05) is 17.5 Å². The van der Waals surface area contributed by atoms with Gasteiger partial charge in [-0.25, -0.2) is 4.98 Å². The fraction of sp³-hybridized carbons (Fsp3) is 0.222. The molecular formula is C9H10F3N3. The summed E-state index contributed by atoms with van der Waals surface area (Å²) >= 11 is 0. The number of alkyl halides is 3. The summed E-state index contributed by atoms with van der Waals surface area (Å²) in [5.74, 6) is 0.308. The molecule has 0 aliphatic heterocycles. The lowest BCUT2D eigenvalue weighted by atomic mass is 10.2. The number of pyridine rings is 1. The van der Waals surface area contributed by atoms with Crippen LogP contribution in [0, 0.1) is 0 Å². The minimum atomic E-state index is -4.26. The van der Waals surface area contributed by atoms with Gasteiger partial charge in [0.2, 0.25) is 0 Å². The van der Waals surface area contributed by atoms with Gasteiger partial charge in [-0.3, -0.25) is 0 Å². The predicted molar refractivity (Wildman–Crippen MR) is 51.7 cm³/mol. The van der Waals surface area contributed by atoms with Crippen LogP contribution in [-0.2, 0) is 0 Å². The highest BCUT2D eigenvalue weighted by molar-refractivity contribution is 5.61. The van der Waals surface area contributed by atoms with Crippen LogP contribution in [0.1, 0.15) is 5.56 Å². The van der Waals surface area contributed by atoms with Crippen LogP contribution in [0.4, 0.5) is 19.0 Å². The van der Waals surface area contributed by atoms with Gasteiger partial charge in [0.1, 0.15) is 12.4 Å². The zero-order valence-electron chi connectivity index (χ0n) is 7.80. The third-order valence-electron chi connectivity index (χ3n) is 1.64. The highest BCUT2D eigenvalue weighted by atomic mass is 19.4. The van der Waals surface area contributed by atoms with E-state index in [0.29, 0.717) is 11.4 Å². The molecule has 1 aromatic rings. The number of nitrogens with two attached hydrogens (primary N) is 1. The van der Waals surface area contributed by atoms with E-state index >= 15 is 0 Å². The Morgan fingerprint density at radius 3 is 2.60 bits per heavy atom. The van der Waals surface area contributed by atoms with Crippen molar-refractivity contribution in [1.29, 1.82) is 0 Å². The second kappa shape index (κ2) is 4.20. The third kappa shape index (κ3) is 3.88. The molecule has 0 unspecified atom stereocenters. The standard InChI is InChI=1S/C9H10F3N3/c1-6(15-5-9(10,11)12)7-2-3-8(13)14-4-7/h2-4,15H,1,5H2,(H2,13,14). The molecule has 0 saturated carbocycles. The van der Waals surface area contributed by atoms with Gasteiger partial charge in [-0.15, -0.1) is 0 Å². The fourth-order valence-electron chi connectivity index (χ4n) is 0.893. The minimum absolute atomic E-state index is 0.167. The quantitative estimate of drug-likeness (QED) is 0.811. The van der Waals surface area contributed by atoms with E-state index in [0.717, 1.165) is 0 Å². The van der Waals surface area contributed by atoms with E-state index in [2.05, 4.69) is 16.9 Å². The summed E-state index contributed by atoms with van der Waals surface area (Å²) < 4.78 is 35.6. The number of nitrogens with zero attached hydrogens (tertiary/aromatic N) is 1. The van der Waals surface area contributed by atoms with E-state index in [-0.39, 0.29) is 5.70 Å². The van der Waals surface area contributed by atoms with Crippen LogP contribution < -0.4 is 11.1 Å². The second-order valence-electron chi connectivity index (χ2n) is 2.92. The number of rotatable bonds is 3. The molecule has 0 atom stereocenters. The molecule has 0 saturated heterocycles. The first-order chi connectivity index (χ1) is 6.88. The molecule has 6 heteroatoms. The number of hydrogen-bond donors (Lipinski definition) is 2. The molecule has 15 heavy (non-hydrogen) atoms. The lowest BCUT2D eigenvalue weighted by molar-refractivity contribution is -0.122. The first kappa shape index (κ1) is 11.4. The van der Waals surface area contributed by atoms with Gasteiger partial charge < -0.3 is 11.1 Å². The van der Waals surface area contributed by atoms with E-state index in [4.69, 9.17) is 5.73 Å². The molecule has 0 aliphatic rings. The molecule has 0 bridgehead atoms. The Bertz CT molecular complexity index is 343. The molecule has 0 radical (unpaired) electrons. The predicted octanol–water partition coefficient (Wildman–Crippen LogP) is 1.79. The van der Waals surface area contributed by atoms with Crippen LogP contribution in [0.3, 0.4) is 0 Å². The van der Waals surface area contributed by atoms with Gasteiger partial charge in [-0.2, -0.15) is 13.2 Å². The van der Waals surface area contributed by atoms with Gasteiger partial charge in [-0.05, 0) is 12.1 Å². The van der Waals surface area contributed by atoms with E-state index in [1.54, 1.807) is 6.07 Å². The summed E-state index contributed by atoms with van der Waals surface area (Å²) in [7, 11) is 0. The van der Waals surface area contributed by atoms with Gasteiger partial charge in [-0.1, -0.05) is 6.58 Å². The number of halogens is 3. The fourth-order valence-corrected chi connectivity index (χ4v) is 0.893. The second-order valence-corrected chi connectivity index (χ2v) is 2.92. The van der Waals surface area contributed by atoms with Crippen molar-refractivity contribution >= 4 is 11.5 Å². The molecule has 1 rings (SSSR count). The number of nitrogens with one attached hydrogen (secondary N) is 1. The number of anilines is 1. The van der Waals surface area contributed by atoms with Gasteiger partial charge in [0.25, 0.3) is 0 Å². The van der Waals surface area contributed by atoms with E-state index in [1.165, 1.54) is 12.3 Å². The first-order valence-corrected chi connectivity index (χ1v) is 4.10. The molecule has 3 nitrogen and oxygen atoms in total. The molecule has 3 N–H and O–H groups in total. The van der Waals surface area contributed by atoms with Crippen molar-refractivity contribution in [3.8, 4) is 0 Å². The summed E-state index contributed by atoms with van der Waals surface area (Å²) in [5.41, 5.74) is 5.98. The van der Waals surface area contributed by atoms with Crippen molar-refractivity contribution in [2.75, 3.05) is 12.3 Å². The van der Waals surface area contributed by atoms with Gasteiger partial charge in [0.05, 0.1) is 0 Å². The molecular weight excluding hydrogens is 207 g/mol. The lowest BCUT2D eigenvalue weighted by Crippen LogP contribution is -2.27. The molecule has 0 spiro atoms. The average Bonchev–Trinajstić information content (AvgIpc) is 2.14. The Labute approximate surface area is 84.8 Å². The average molecular weight is 217 g/mol. The van der Waals surface area contributed by atoms with Crippen molar-refractivity contribution in [3.05, 3.63) is 30.5 Å². The molecule has 1 aromatic heterocycles. The highest BCUT2D eigenvalue weighted by Crippen LogP contribution is 2.15. The molecule has 0 aliphatic carbocycles. The topological polar surface area (TPSA) is 50.9 Å². The van der Waals surface area contributed by atoms with Crippen LogP contribution in [0.2, 0.25) is 0 Å². The van der Waals surface area contributed by atoms with Crippen LogP contribution in [0.15, 0.2) is 24.9 Å². The van der Waals surface area contributed by atoms with Crippen molar-refractivity contribution in [1.82, 2.24) is 10.3 Å². The normalized spacial score (nSPS) is 11.1. The van der Waals surface area contributed by atoms with Crippen molar-refractivity contribution in [3.63, 3.8) is 0 Å². The van der Waals surface area contributed by atoms with Crippen molar-refractivity contribution in [2.45, 2.75) is 6.18 Å². The van der Waals surface area contributed by atoms with Crippen molar-refractivity contribution in [2.24, 2.45) is 0 Å². The van der Waals surface area contributed by atoms with Gasteiger partial charge in [0.15, 0.2) is 0 Å². The smallest absolute Gasteiger partial charge is 0.384 e. The summed E-state index contributed by atoms with van der Waals surface area (Å²) in [6.45, 7) is 2.35. The van der Waals surface area contributed by atoms with Crippen molar-refractivity contribution < 1.29 is 13.2 Å². The summed E-state index contributed by atoms with van der Waals surface area (Å²) in [6, 6.07) is 3.05. The summed E-state index contributed by atoms with van der Waals surface area (Å²) in [6.07, 6.45) is -2.90. The molecule has 0 fully saturated rings. The maximum absolute atomic E-state index is 11.9. The molecule has 82 valence electrons. The lowest BCUT2D eigenvalue weighted by Gasteiger charge is -2.11. The number of nitrogen functional groups attached to an aromatic ring is 1. The zero-order valence-corrected chi connectivity index (χ0v) is 7.80. The van der Waals surface area contributed by atoms with E-state index in [1.807, 2.05) is 0 Å². The Balaban J connectivity index is 2.58. The van der Waals surface area contributed by atoms with Gasteiger partial charge >= 0.3 is 6.18 Å². The number of aromatic nitrogens is 1. The minimum Gasteiger partial charge on any atom is -0.384 e. The largest absolute Gasteiger partial charge is 0.405 e. The SMILES string of the molecule is C=C(NCC(F)(F)F)c1ccc(N)nc1. The molecule has 0 amide bonds. The van der Waals surface area contributed by atoms with Crippen LogP contribution in [0.25, 0.3) is 5.70 Å². The summed E-state index contributed by atoms with van der Waals surface area (Å²) in [4.78, 5) is 3.74. The monoisotopic (exact) mass is 217 g/mol. The number of hydrogen-bond acceptors (Lipinski definition) is 3. The molecule has 0 aromatic carbocycles. The Morgan fingerprint density at radius 2 is 2.13 bits per heavy atom. The Morgan fingerprint density at radius 1 is 1.47 bits per heavy atom. The van der Waals surface area contributed by atoms with Crippen LogP contribution in [-0.4, -0.2) is 17.7 Å². The highest BCUT2D eigenvalue weighted by Gasteiger charge is 2.26. The van der Waals surface area contributed by atoms with Crippen LogP contribution in [0.5, 0.6) is 0 Å². The third-order valence-corrected chi connectivity index (χ3v) is 1.64. The first-order valence-electron chi connectivity index (χ1n) is 4.10. The molecule has 1 heterocycles. The zero-order chi connectivity index (χ0) is 11.5. The maximum atomic E-state index is 11.9. The van der Waals surface area contributed by atoms with E-state index < -0.39 is 12.7 Å².